The van der Waals surface area contributed by atoms with E-state index in [0.29, 0.717) is 11.8 Å². The second-order valence-electron chi connectivity index (χ2n) is 6.11. The van der Waals surface area contributed by atoms with Gasteiger partial charge in [0, 0.05) is 32.1 Å². The number of likely N-dealkylation sites (N-methyl/N-ethyl adjacent to an activating group) is 1. The largest absolute Gasteiger partial charge is 0.337 e. The molecule has 0 amide bonds. The van der Waals surface area contributed by atoms with Crippen LogP contribution in [-0.4, -0.2) is 54.8 Å². The Kier molecular flexibility index (Phi) is 4.21. The molecular formula is C14H25N5O. The van der Waals surface area contributed by atoms with Gasteiger partial charge in [-0.2, -0.15) is 4.98 Å². The van der Waals surface area contributed by atoms with Crippen molar-refractivity contribution in [3.63, 3.8) is 0 Å². The average molecular weight is 279 g/mol. The van der Waals surface area contributed by atoms with Crippen molar-refractivity contribution in [3.05, 3.63) is 5.89 Å². The summed E-state index contributed by atoms with van der Waals surface area (Å²) >= 11 is 0. The van der Waals surface area contributed by atoms with Crippen molar-refractivity contribution in [2.45, 2.75) is 31.6 Å². The first-order chi connectivity index (χ1) is 9.78. The van der Waals surface area contributed by atoms with Crippen LogP contribution in [0.15, 0.2) is 4.52 Å². The summed E-state index contributed by atoms with van der Waals surface area (Å²) in [6, 6.07) is 0. The molecule has 1 aromatic heterocycles. The fourth-order valence-electron chi connectivity index (χ4n) is 3.33. The molecule has 0 spiro atoms. The maximum Gasteiger partial charge on any atom is 0.266 e. The van der Waals surface area contributed by atoms with E-state index in [0.717, 1.165) is 51.0 Å². The van der Waals surface area contributed by atoms with Gasteiger partial charge in [-0.25, -0.2) is 0 Å². The Morgan fingerprint density at radius 1 is 1.20 bits per heavy atom. The van der Waals surface area contributed by atoms with Crippen LogP contribution in [0.2, 0.25) is 0 Å². The molecular weight excluding hydrogens is 254 g/mol. The summed E-state index contributed by atoms with van der Waals surface area (Å²) in [5, 5.41) is 4.19. The highest BCUT2D eigenvalue weighted by molar-refractivity contribution is 5.29. The average Bonchev–Trinajstić information content (AvgIpc) is 2.97. The van der Waals surface area contributed by atoms with Gasteiger partial charge in [0.25, 0.3) is 5.95 Å². The van der Waals surface area contributed by atoms with Crippen molar-refractivity contribution in [1.82, 2.24) is 15.0 Å². The zero-order chi connectivity index (χ0) is 13.9. The normalized spacial score (nSPS) is 28.8. The third kappa shape index (κ3) is 2.81. The Morgan fingerprint density at radius 2 is 1.95 bits per heavy atom. The Labute approximate surface area is 120 Å². The second-order valence-corrected chi connectivity index (χ2v) is 6.11. The van der Waals surface area contributed by atoms with E-state index in [1.165, 1.54) is 19.3 Å². The summed E-state index contributed by atoms with van der Waals surface area (Å²) in [6.45, 7) is 4.77. The van der Waals surface area contributed by atoms with Gasteiger partial charge in [0.1, 0.15) is 0 Å². The predicted octanol–water partition coefficient (Wildman–Crippen LogP) is 1.05. The summed E-state index contributed by atoms with van der Waals surface area (Å²) in [6.07, 6.45) is 4.84. The molecule has 1 saturated carbocycles. The molecule has 2 heterocycles. The fourth-order valence-corrected chi connectivity index (χ4v) is 3.33. The minimum Gasteiger partial charge on any atom is -0.337 e. The van der Waals surface area contributed by atoms with Gasteiger partial charge in [-0.3, -0.25) is 0 Å². The number of rotatable bonds is 3. The molecule has 20 heavy (non-hydrogen) atoms. The van der Waals surface area contributed by atoms with E-state index < -0.39 is 0 Å². The van der Waals surface area contributed by atoms with Crippen molar-refractivity contribution in [3.8, 4) is 0 Å². The molecule has 0 aromatic carbocycles. The monoisotopic (exact) mass is 279 g/mol. The molecule has 0 bridgehead atoms. The number of hydrogen-bond donors (Lipinski definition) is 1. The van der Waals surface area contributed by atoms with Gasteiger partial charge in [-0.1, -0.05) is 12.8 Å². The molecule has 0 radical (unpaired) electrons. The number of piperazine rings is 1. The number of hydrogen-bond acceptors (Lipinski definition) is 6. The van der Waals surface area contributed by atoms with E-state index in [2.05, 4.69) is 27.0 Å². The highest BCUT2D eigenvalue weighted by Crippen LogP contribution is 2.36. The van der Waals surface area contributed by atoms with E-state index in [-0.39, 0.29) is 0 Å². The molecule has 1 aliphatic carbocycles. The first kappa shape index (κ1) is 13.8. The maximum atomic E-state index is 5.89. The van der Waals surface area contributed by atoms with Gasteiger partial charge >= 0.3 is 0 Å². The van der Waals surface area contributed by atoms with Crippen molar-refractivity contribution < 1.29 is 4.52 Å². The molecule has 2 atom stereocenters. The maximum absolute atomic E-state index is 5.89. The minimum atomic E-state index is 0.363. The van der Waals surface area contributed by atoms with Gasteiger partial charge in [-0.15, -0.1) is 0 Å². The van der Waals surface area contributed by atoms with E-state index in [1.54, 1.807) is 0 Å². The Morgan fingerprint density at radius 3 is 2.70 bits per heavy atom. The SMILES string of the molecule is CN1CCN(c2noc(C3CCCCC3CN)n2)CC1. The van der Waals surface area contributed by atoms with E-state index in [4.69, 9.17) is 10.3 Å². The summed E-state index contributed by atoms with van der Waals surface area (Å²) in [5.41, 5.74) is 5.89. The third-order valence-corrected chi connectivity index (χ3v) is 4.75. The lowest BCUT2D eigenvalue weighted by Crippen LogP contribution is -2.44. The van der Waals surface area contributed by atoms with Crippen molar-refractivity contribution >= 4 is 5.95 Å². The van der Waals surface area contributed by atoms with E-state index in [1.807, 2.05) is 0 Å². The second kappa shape index (κ2) is 6.10. The zero-order valence-corrected chi connectivity index (χ0v) is 12.3. The first-order valence-corrected chi connectivity index (χ1v) is 7.75. The number of nitrogens with two attached hydrogens (primary N) is 1. The zero-order valence-electron chi connectivity index (χ0n) is 12.3. The van der Waals surface area contributed by atoms with Crippen LogP contribution < -0.4 is 10.6 Å². The van der Waals surface area contributed by atoms with Crippen LogP contribution in [0, 0.1) is 5.92 Å². The summed E-state index contributed by atoms with van der Waals surface area (Å²) < 4.78 is 5.54. The van der Waals surface area contributed by atoms with Crippen LogP contribution in [0.3, 0.4) is 0 Å². The Balaban J connectivity index is 1.69. The predicted molar refractivity (Wildman–Crippen MR) is 77.8 cm³/mol. The molecule has 1 aromatic rings. The van der Waals surface area contributed by atoms with Crippen LogP contribution in [-0.2, 0) is 0 Å². The van der Waals surface area contributed by atoms with Crippen molar-refractivity contribution in [1.29, 1.82) is 0 Å². The number of nitrogens with zero attached hydrogens (tertiary/aromatic N) is 4. The highest BCUT2D eigenvalue weighted by Gasteiger charge is 2.30. The highest BCUT2D eigenvalue weighted by atomic mass is 16.5. The quantitative estimate of drug-likeness (QED) is 0.892. The van der Waals surface area contributed by atoms with Crippen molar-refractivity contribution in [2.24, 2.45) is 11.7 Å². The van der Waals surface area contributed by atoms with Crippen LogP contribution >= 0.6 is 0 Å². The number of aromatic nitrogens is 2. The summed E-state index contributed by atoms with van der Waals surface area (Å²) in [4.78, 5) is 9.19. The van der Waals surface area contributed by atoms with Gasteiger partial charge in [-0.05, 0) is 37.5 Å². The van der Waals surface area contributed by atoms with Crippen LogP contribution in [0.5, 0.6) is 0 Å². The summed E-state index contributed by atoms with van der Waals surface area (Å²) in [5.74, 6) is 2.43. The van der Waals surface area contributed by atoms with Gasteiger partial charge < -0.3 is 20.1 Å². The first-order valence-electron chi connectivity index (χ1n) is 7.75. The fraction of sp³-hybridized carbons (Fsp3) is 0.857. The van der Waals surface area contributed by atoms with Crippen LogP contribution in [0.4, 0.5) is 5.95 Å². The molecule has 2 unspecified atom stereocenters. The van der Waals surface area contributed by atoms with Crippen LogP contribution in [0.25, 0.3) is 0 Å². The minimum absolute atomic E-state index is 0.363. The Hall–Kier alpha value is -1.14. The molecule has 2 fully saturated rings. The molecule has 1 saturated heterocycles. The standard InChI is InChI=1S/C14H25N5O/c1-18-6-8-19(9-7-18)14-16-13(20-17-14)12-5-3-2-4-11(12)10-15/h11-12H,2-10,15H2,1H3. The van der Waals surface area contributed by atoms with Gasteiger partial charge in [0.15, 0.2) is 0 Å². The van der Waals surface area contributed by atoms with Crippen LogP contribution in [0.1, 0.15) is 37.5 Å². The lowest BCUT2D eigenvalue weighted by atomic mass is 9.79. The molecule has 2 N–H and O–H groups in total. The number of anilines is 1. The Bertz CT molecular complexity index is 427. The van der Waals surface area contributed by atoms with Gasteiger partial charge in [0.2, 0.25) is 5.89 Å². The van der Waals surface area contributed by atoms with E-state index >= 15 is 0 Å². The molecule has 6 heteroatoms. The smallest absolute Gasteiger partial charge is 0.266 e. The molecule has 6 nitrogen and oxygen atoms in total. The summed E-state index contributed by atoms with van der Waals surface area (Å²) in [7, 11) is 2.15. The lowest BCUT2D eigenvalue weighted by Gasteiger charge is -2.31. The third-order valence-electron chi connectivity index (χ3n) is 4.75. The molecule has 1 aliphatic heterocycles. The van der Waals surface area contributed by atoms with E-state index in [9.17, 15) is 0 Å². The van der Waals surface area contributed by atoms with Gasteiger partial charge in [0.05, 0.1) is 0 Å². The van der Waals surface area contributed by atoms with Crippen molar-refractivity contribution in [2.75, 3.05) is 44.7 Å². The lowest BCUT2D eigenvalue weighted by molar-refractivity contribution is 0.249. The molecule has 112 valence electrons. The topological polar surface area (TPSA) is 71.4 Å². The molecule has 3 rings (SSSR count). The molecule has 2 aliphatic rings.